The predicted octanol–water partition coefficient (Wildman–Crippen LogP) is 5.38. The highest BCUT2D eigenvalue weighted by atomic mass is 19.4. The Labute approximate surface area is 198 Å². The van der Waals surface area contributed by atoms with Crippen molar-refractivity contribution in [3.8, 4) is 11.5 Å². The van der Waals surface area contributed by atoms with Crippen LogP contribution >= 0.6 is 0 Å². The number of rotatable bonds is 7. The second kappa shape index (κ2) is 9.86. The first kappa shape index (κ1) is 24.4. The van der Waals surface area contributed by atoms with Crippen LogP contribution in [0.25, 0.3) is 0 Å². The van der Waals surface area contributed by atoms with Crippen molar-refractivity contribution in [1.29, 1.82) is 0 Å². The Kier molecular flexibility index (Phi) is 7.07. The molecule has 2 heterocycles. The lowest BCUT2D eigenvalue weighted by atomic mass is 9.72. The Morgan fingerprint density at radius 2 is 1.79 bits per heavy atom. The summed E-state index contributed by atoms with van der Waals surface area (Å²) in [6.45, 7) is 6.84. The zero-order valence-corrected chi connectivity index (χ0v) is 19.6. The van der Waals surface area contributed by atoms with Crippen molar-refractivity contribution < 1.29 is 27.4 Å². The summed E-state index contributed by atoms with van der Waals surface area (Å²) in [6.07, 6.45) is -2.22. The number of nitrogens with zero attached hydrogens (tertiary/aromatic N) is 1. The number of carbonyl (C=O) groups excluding carboxylic acids is 1. The highest BCUT2D eigenvalue weighted by Crippen LogP contribution is 2.39. The lowest BCUT2D eigenvalue weighted by Crippen LogP contribution is -2.49. The molecule has 0 bridgehead atoms. The van der Waals surface area contributed by atoms with E-state index in [4.69, 9.17) is 9.47 Å². The number of carbonyl (C=O) groups is 1. The van der Waals surface area contributed by atoms with E-state index in [1.165, 1.54) is 6.07 Å². The van der Waals surface area contributed by atoms with Gasteiger partial charge in [-0.2, -0.15) is 13.2 Å². The smallest absolute Gasteiger partial charge is 0.416 e. The minimum absolute atomic E-state index is 0.0682. The summed E-state index contributed by atoms with van der Waals surface area (Å²) in [5, 5.41) is 2.93. The molecule has 0 aliphatic carbocycles. The summed E-state index contributed by atoms with van der Waals surface area (Å²) in [7, 11) is 0. The third-order valence-corrected chi connectivity index (χ3v) is 6.64. The molecule has 0 saturated carbocycles. The van der Waals surface area contributed by atoms with Crippen LogP contribution in [0.1, 0.15) is 49.8 Å². The van der Waals surface area contributed by atoms with Gasteiger partial charge in [-0.05, 0) is 73.7 Å². The van der Waals surface area contributed by atoms with Gasteiger partial charge < -0.3 is 14.8 Å². The van der Waals surface area contributed by atoms with Crippen LogP contribution in [0.15, 0.2) is 42.5 Å². The monoisotopic (exact) mass is 476 g/mol. The molecule has 8 heteroatoms. The Morgan fingerprint density at radius 1 is 1.06 bits per heavy atom. The van der Waals surface area contributed by atoms with Gasteiger partial charge in [0.1, 0.15) is 0 Å². The second-order valence-electron chi connectivity index (χ2n) is 9.72. The summed E-state index contributed by atoms with van der Waals surface area (Å²) in [5.41, 5.74) is 0.368. The molecule has 0 atom stereocenters. The number of benzene rings is 2. The average Bonchev–Trinajstić information content (AvgIpc) is 3.26. The molecule has 0 radical (unpaired) electrons. The summed E-state index contributed by atoms with van der Waals surface area (Å²) in [6, 6.07) is 11.1. The van der Waals surface area contributed by atoms with E-state index in [1.807, 2.05) is 18.2 Å². The molecule has 0 unspecified atom stereocenters. The molecule has 34 heavy (non-hydrogen) atoms. The van der Waals surface area contributed by atoms with Gasteiger partial charge in [0.2, 0.25) is 12.7 Å². The molecular weight excluding hydrogens is 445 g/mol. The lowest BCUT2D eigenvalue weighted by Gasteiger charge is -2.41. The molecule has 184 valence electrons. The number of fused-ring (bicyclic) bond motifs is 1. The Hall–Kier alpha value is -2.74. The average molecular weight is 477 g/mol. The Balaban J connectivity index is 1.38. The van der Waals surface area contributed by atoms with Gasteiger partial charge in [0.15, 0.2) is 11.5 Å². The molecule has 2 aromatic rings. The van der Waals surface area contributed by atoms with Crippen LogP contribution in [-0.2, 0) is 24.1 Å². The van der Waals surface area contributed by atoms with Gasteiger partial charge in [-0.3, -0.25) is 9.69 Å². The standard InChI is InChI=1S/C26H31F3N2O3/c1-18(2)14-25(24(32)30-15-19-4-3-5-21(12-19)26(27,28)29)8-10-31(11-9-25)16-20-6-7-22-23(13-20)34-17-33-22/h3-7,12-13,18H,8-11,14-17H2,1-2H3,(H,30,32). The zero-order valence-electron chi connectivity index (χ0n) is 19.6. The third-order valence-electron chi connectivity index (χ3n) is 6.64. The second-order valence-corrected chi connectivity index (χ2v) is 9.72. The molecule has 1 saturated heterocycles. The van der Waals surface area contributed by atoms with E-state index < -0.39 is 17.2 Å². The fourth-order valence-corrected chi connectivity index (χ4v) is 4.97. The van der Waals surface area contributed by atoms with Crippen molar-refractivity contribution in [2.24, 2.45) is 11.3 Å². The van der Waals surface area contributed by atoms with E-state index in [9.17, 15) is 18.0 Å². The molecule has 2 aliphatic rings. The van der Waals surface area contributed by atoms with E-state index in [1.54, 1.807) is 6.07 Å². The molecule has 0 spiro atoms. The summed E-state index contributed by atoms with van der Waals surface area (Å²) < 4.78 is 49.9. The van der Waals surface area contributed by atoms with Gasteiger partial charge in [-0.25, -0.2) is 0 Å². The van der Waals surface area contributed by atoms with Gasteiger partial charge in [0.25, 0.3) is 0 Å². The molecule has 5 nitrogen and oxygen atoms in total. The van der Waals surface area contributed by atoms with Crippen LogP contribution in [0.4, 0.5) is 13.2 Å². The fourth-order valence-electron chi connectivity index (χ4n) is 4.97. The number of hydrogen-bond acceptors (Lipinski definition) is 4. The first-order valence-corrected chi connectivity index (χ1v) is 11.7. The normalized spacial score (nSPS) is 17.7. The maximum atomic E-state index is 13.3. The molecular formula is C26H31F3N2O3. The van der Waals surface area contributed by atoms with Crippen LogP contribution < -0.4 is 14.8 Å². The fraction of sp³-hybridized carbons (Fsp3) is 0.500. The van der Waals surface area contributed by atoms with Crippen LogP contribution in [0, 0.1) is 11.3 Å². The quantitative estimate of drug-likeness (QED) is 0.583. The number of piperidine rings is 1. The SMILES string of the molecule is CC(C)CC1(C(=O)NCc2cccc(C(F)(F)F)c2)CCN(Cc2ccc3c(c2)OCO3)CC1. The van der Waals surface area contributed by atoms with Crippen LogP contribution in [0.5, 0.6) is 11.5 Å². The van der Waals surface area contributed by atoms with E-state index in [0.29, 0.717) is 24.3 Å². The summed E-state index contributed by atoms with van der Waals surface area (Å²) >= 11 is 0. The molecule has 0 aromatic heterocycles. The molecule has 4 rings (SSSR count). The summed E-state index contributed by atoms with van der Waals surface area (Å²) in [4.78, 5) is 15.7. The molecule has 2 aliphatic heterocycles. The maximum Gasteiger partial charge on any atom is 0.416 e. The van der Waals surface area contributed by atoms with Gasteiger partial charge >= 0.3 is 6.18 Å². The van der Waals surface area contributed by atoms with Crippen molar-refractivity contribution in [2.45, 2.75) is 52.4 Å². The van der Waals surface area contributed by atoms with Crippen molar-refractivity contribution in [3.05, 3.63) is 59.2 Å². The zero-order chi connectivity index (χ0) is 24.3. The van der Waals surface area contributed by atoms with Gasteiger partial charge in [-0.1, -0.05) is 32.0 Å². The topological polar surface area (TPSA) is 50.8 Å². The first-order chi connectivity index (χ1) is 16.1. The summed E-state index contributed by atoms with van der Waals surface area (Å²) in [5.74, 6) is 1.79. The molecule has 1 amide bonds. The predicted molar refractivity (Wildman–Crippen MR) is 122 cm³/mol. The van der Waals surface area contributed by atoms with Crippen LogP contribution in [0.3, 0.4) is 0 Å². The van der Waals surface area contributed by atoms with E-state index >= 15 is 0 Å². The number of amides is 1. The largest absolute Gasteiger partial charge is 0.454 e. The van der Waals surface area contributed by atoms with Crippen molar-refractivity contribution >= 4 is 5.91 Å². The molecule has 1 N–H and O–H groups in total. The van der Waals surface area contributed by atoms with Gasteiger partial charge in [-0.15, -0.1) is 0 Å². The highest BCUT2D eigenvalue weighted by Gasteiger charge is 2.41. The van der Waals surface area contributed by atoms with E-state index in [2.05, 4.69) is 24.1 Å². The third kappa shape index (κ3) is 5.66. The van der Waals surface area contributed by atoms with Crippen LogP contribution in [-0.4, -0.2) is 30.7 Å². The van der Waals surface area contributed by atoms with Crippen LogP contribution in [0.2, 0.25) is 0 Å². The number of hydrogen-bond donors (Lipinski definition) is 1. The maximum absolute atomic E-state index is 13.3. The van der Waals surface area contributed by atoms with Gasteiger partial charge in [0.05, 0.1) is 11.0 Å². The Bertz CT molecular complexity index is 1010. The molecule has 1 fully saturated rings. The Morgan fingerprint density at radius 3 is 2.50 bits per heavy atom. The van der Waals surface area contributed by atoms with Crippen molar-refractivity contribution in [3.63, 3.8) is 0 Å². The van der Waals surface area contributed by atoms with Crippen molar-refractivity contribution in [1.82, 2.24) is 10.2 Å². The number of alkyl halides is 3. The lowest BCUT2D eigenvalue weighted by molar-refractivity contribution is -0.137. The number of likely N-dealkylation sites (tertiary alicyclic amines) is 1. The highest BCUT2D eigenvalue weighted by molar-refractivity contribution is 5.82. The number of halogens is 3. The molecule has 2 aromatic carbocycles. The van der Waals surface area contributed by atoms with Gasteiger partial charge in [0, 0.05) is 13.1 Å². The van der Waals surface area contributed by atoms with E-state index in [-0.39, 0.29) is 19.2 Å². The number of nitrogens with one attached hydrogen (secondary N) is 1. The first-order valence-electron chi connectivity index (χ1n) is 11.7. The van der Waals surface area contributed by atoms with Crippen molar-refractivity contribution in [2.75, 3.05) is 19.9 Å². The van der Waals surface area contributed by atoms with E-state index in [0.717, 1.165) is 55.3 Å². The minimum atomic E-state index is -4.40. The number of ether oxygens (including phenoxy) is 2. The minimum Gasteiger partial charge on any atom is -0.454 e.